The molecule has 0 bridgehead atoms. The fraction of sp³-hybridized carbons (Fsp3) is 0.107. The molecule has 1 aromatic heterocycles. The lowest BCUT2D eigenvalue weighted by atomic mass is 9.99. The van der Waals surface area contributed by atoms with Crippen LogP contribution in [0.4, 0.5) is 5.69 Å². The van der Waals surface area contributed by atoms with Gasteiger partial charge in [-0.3, -0.25) is 4.79 Å². The van der Waals surface area contributed by atoms with Crippen molar-refractivity contribution < 1.29 is 4.79 Å². The van der Waals surface area contributed by atoms with E-state index in [1.54, 1.807) is 0 Å². The van der Waals surface area contributed by atoms with Crippen LogP contribution in [0.25, 0.3) is 23.0 Å². The summed E-state index contributed by atoms with van der Waals surface area (Å²) < 4.78 is 1.87. The van der Waals surface area contributed by atoms with Crippen LogP contribution in [0.1, 0.15) is 23.6 Å². The highest BCUT2D eigenvalue weighted by molar-refractivity contribution is 6.32. The van der Waals surface area contributed by atoms with Gasteiger partial charge < -0.3 is 0 Å². The number of carbonyl (C=O) groups excluding carboxylic acids is 1. The van der Waals surface area contributed by atoms with Crippen molar-refractivity contribution in [3.05, 3.63) is 107 Å². The highest BCUT2D eigenvalue weighted by Crippen LogP contribution is 2.31. The van der Waals surface area contributed by atoms with Gasteiger partial charge in [0.1, 0.15) is 5.69 Å². The first kappa shape index (κ1) is 20.6. The predicted octanol–water partition coefficient (Wildman–Crippen LogP) is 5.96. The summed E-state index contributed by atoms with van der Waals surface area (Å²) in [4.78, 5) is 13.3. The molecule has 0 saturated heterocycles. The van der Waals surface area contributed by atoms with Crippen molar-refractivity contribution in [1.29, 1.82) is 0 Å². The number of nitrogens with zero attached hydrogens (tertiary/aromatic N) is 4. The zero-order chi connectivity index (χ0) is 22.9. The van der Waals surface area contributed by atoms with Gasteiger partial charge in [-0.1, -0.05) is 54.1 Å². The van der Waals surface area contributed by atoms with E-state index in [9.17, 15) is 4.79 Å². The molecule has 0 atom stereocenters. The fourth-order valence-corrected chi connectivity index (χ4v) is 3.99. The molecule has 0 fully saturated rings. The SMILES string of the molecule is CC1=NN(c2ccccc2)C(=O)C1=Cc1cn(-c2ccccc2)nc1-c1cc(C)ccc1C. The highest BCUT2D eigenvalue weighted by atomic mass is 16.2. The van der Waals surface area contributed by atoms with Crippen LogP contribution < -0.4 is 5.01 Å². The van der Waals surface area contributed by atoms with Crippen molar-refractivity contribution in [3.8, 4) is 16.9 Å². The van der Waals surface area contributed by atoms with Crippen LogP contribution in [0.15, 0.2) is 95.7 Å². The molecule has 0 N–H and O–H groups in total. The van der Waals surface area contributed by atoms with Gasteiger partial charge in [-0.15, -0.1) is 0 Å². The van der Waals surface area contributed by atoms with Crippen molar-refractivity contribution in [2.75, 3.05) is 5.01 Å². The predicted molar refractivity (Wildman–Crippen MR) is 133 cm³/mol. The average molecular weight is 433 g/mol. The van der Waals surface area contributed by atoms with Gasteiger partial charge in [0, 0.05) is 17.3 Å². The van der Waals surface area contributed by atoms with Gasteiger partial charge in [-0.05, 0) is 62.7 Å². The molecule has 5 rings (SSSR count). The van der Waals surface area contributed by atoms with Crippen LogP contribution in [0, 0.1) is 13.8 Å². The van der Waals surface area contributed by atoms with Crippen molar-refractivity contribution >= 4 is 23.4 Å². The molecule has 162 valence electrons. The van der Waals surface area contributed by atoms with Crippen LogP contribution >= 0.6 is 0 Å². The van der Waals surface area contributed by atoms with Gasteiger partial charge in [0.2, 0.25) is 0 Å². The number of anilines is 1. The topological polar surface area (TPSA) is 50.5 Å². The minimum atomic E-state index is -0.141. The number of rotatable bonds is 4. The highest BCUT2D eigenvalue weighted by Gasteiger charge is 2.29. The standard InChI is InChI=1S/C28H24N4O/c1-19-14-15-20(2)25(16-19)27-22(18-31(30-27)23-10-6-4-7-11-23)17-26-21(3)29-32(28(26)33)24-12-8-5-9-13-24/h4-18H,1-3H3. The maximum Gasteiger partial charge on any atom is 0.280 e. The van der Waals surface area contributed by atoms with E-state index in [1.807, 2.05) is 84.5 Å². The summed E-state index contributed by atoms with van der Waals surface area (Å²) in [5.41, 5.74) is 8.02. The molecule has 0 radical (unpaired) electrons. The van der Waals surface area contributed by atoms with Crippen molar-refractivity contribution in [1.82, 2.24) is 9.78 Å². The number of benzene rings is 3. The minimum absolute atomic E-state index is 0.141. The third-order valence-electron chi connectivity index (χ3n) is 5.77. The number of hydrogen-bond donors (Lipinski definition) is 0. The molecule has 1 amide bonds. The van der Waals surface area contributed by atoms with E-state index in [1.165, 1.54) is 5.01 Å². The Morgan fingerprint density at radius 2 is 1.48 bits per heavy atom. The summed E-state index contributed by atoms with van der Waals surface area (Å²) in [5, 5.41) is 10.9. The third kappa shape index (κ3) is 3.89. The first-order valence-electron chi connectivity index (χ1n) is 10.9. The smallest absolute Gasteiger partial charge is 0.267 e. The molecule has 2 heterocycles. The van der Waals surface area contributed by atoms with Crippen molar-refractivity contribution in [2.45, 2.75) is 20.8 Å². The molecule has 0 spiro atoms. The number of para-hydroxylation sites is 2. The summed E-state index contributed by atoms with van der Waals surface area (Å²) >= 11 is 0. The van der Waals surface area contributed by atoms with Crippen LogP contribution in [0.5, 0.6) is 0 Å². The maximum absolute atomic E-state index is 13.3. The van der Waals surface area contributed by atoms with E-state index < -0.39 is 0 Å². The number of amides is 1. The van der Waals surface area contributed by atoms with E-state index >= 15 is 0 Å². The molecule has 4 aromatic rings. The molecule has 3 aromatic carbocycles. The second kappa shape index (κ2) is 8.36. The Morgan fingerprint density at radius 3 is 2.18 bits per heavy atom. The number of aromatic nitrogens is 2. The largest absolute Gasteiger partial charge is 0.280 e. The molecule has 33 heavy (non-hydrogen) atoms. The normalized spacial score (nSPS) is 14.8. The van der Waals surface area contributed by atoms with Crippen LogP contribution in [-0.4, -0.2) is 21.4 Å². The molecule has 0 saturated carbocycles. The second-order valence-electron chi connectivity index (χ2n) is 8.23. The van der Waals surface area contributed by atoms with E-state index in [0.717, 1.165) is 39.3 Å². The Hall–Kier alpha value is -4.25. The lowest BCUT2D eigenvalue weighted by Crippen LogP contribution is -2.21. The summed E-state index contributed by atoms with van der Waals surface area (Å²) in [5.74, 6) is -0.141. The van der Waals surface area contributed by atoms with Gasteiger partial charge in [0.05, 0.1) is 22.7 Å². The first-order chi connectivity index (χ1) is 16.0. The Kier molecular flexibility index (Phi) is 5.23. The number of carbonyl (C=O) groups is 1. The molecule has 5 nitrogen and oxygen atoms in total. The lowest BCUT2D eigenvalue weighted by molar-refractivity contribution is -0.114. The first-order valence-corrected chi connectivity index (χ1v) is 10.9. The number of hydrazone groups is 1. The molecule has 1 aliphatic rings. The van der Waals surface area contributed by atoms with Gasteiger partial charge in [0.25, 0.3) is 5.91 Å². The Bertz CT molecular complexity index is 1400. The van der Waals surface area contributed by atoms with Crippen LogP contribution in [-0.2, 0) is 4.79 Å². The fourth-order valence-electron chi connectivity index (χ4n) is 3.99. The lowest BCUT2D eigenvalue weighted by Gasteiger charge is -2.11. The Morgan fingerprint density at radius 1 is 0.818 bits per heavy atom. The molecule has 0 aliphatic carbocycles. The summed E-state index contributed by atoms with van der Waals surface area (Å²) in [6.45, 7) is 6.02. The molecule has 1 aliphatic heterocycles. The summed E-state index contributed by atoms with van der Waals surface area (Å²) in [6.07, 6.45) is 3.89. The monoisotopic (exact) mass is 432 g/mol. The van der Waals surface area contributed by atoms with Crippen LogP contribution in [0.2, 0.25) is 0 Å². The molecule has 5 heteroatoms. The molecular weight excluding hydrogens is 408 g/mol. The van der Waals surface area contributed by atoms with E-state index in [4.69, 9.17) is 5.10 Å². The van der Waals surface area contributed by atoms with E-state index in [-0.39, 0.29) is 5.91 Å². The zero-order valence-corrected chi connectivity index (χ0v) is 18.9. The van der Waals surface area contributed by atoms with Crippen molar-refractivity contribution in [2.24, 2.45) is 5.10 Å². The Labute approximate surface area is 193 Å². The van der Waals surface area contributed by atoms with E-state index in [2.05, 4.69) is 37.1 Å². The Balaban J connectivity index is 1.64. The second-order valence-corrected chi connectivity index (χ2v) is 8.23. The molecular formula is C28H24N4O. The van der Waals surface area contributed by atoms with Crippen LogP contribution in [0.3, 0.4) is 0 Å². The average Bonchev–Trinajstić information content (AvgIpc) is 3.38. The number of aryl methyl sites for hydroxylation is 2. The summed E-state index contributed by atoms with van der Waals surface area (Å²) in [6, 6.07) is 25.8. The summed E-state index contributed by atoms with van der Waals surface area (Å²) in [7, 11) is 0. The van der Waals surface area contributed by atoms with E-state index in [0.29, 0.717) is 11.3 Å². The zero-order valence-electron chi connectivity index (χ0n) is 18.9. The quantitative estimate of drug-likeness (QED) is 0.374. The van der Waals surface area contributed by atoms with Gasteiger partial charge in [-0.2, -0.15) is 15.2 Å². The minimum Gasteiger partial charge on any atom is -0.267 e. The van der Waals surface area contributed by atoms with Crippen molar-refractivity contribution in [3.63, 3.8) is 0 Å². The maximum atomic E-state index is 13.3. The number of hydrogen-bond acceptors (Lipinski definition) is 3. The molecule has 0 unspecified atom stereocenters. The third-order valence-corrected chi connectivity index (χ3v) is 5.77. The van der Waals surface area contributed by atoms with Gasteiger partial charge in [0.15, 0.2) is 0 Å². The van der Waals surface area contributed by atoms with Gasteiger partial charge >= 0.3 is 0 Å². The van der Waals surface area contributed by atoms with Gasteiger partial charge in [-0.25, -0.2) is 4.68 Å².